The number of benzene rings is 10. The molecule has 0 heterocycles. The second-order valence-corrected chi connectivity index (χ2v) is 14.6. The molecule has 0 atom stereocenters. The van der Waals surface area contributed by atoms with Crippen LogP contribution in [0.5, 0.6) is 0 Å². The molecule has 10 aromatic rings. The monoisotopic (exact) mass is 725 g/mol. The van der Waals surface area contributed by atoms with Gasteiger partial charge in [0.15, 0.2) is 0 Å². The standard InChI is InChI=1S/C56H39N/c1-3-12-40(13-4-1)42-24-31-51(32-25-42)57(52-33-26-43(27-34-52)48-19-11-20-49(38-48)50-23-22-41-14-7-8-18-47(41)39-50)53-35-28-45(29-36-53)55-37-30-44-15-9-10-21-54(44)56(55)46-16-5-2-6-17-46/h1-39H. The topological polar surface area (TPSA) is 3.24 Å². The highest BCUT2D eigenvalue weighted by molar-refractivity contribution is 6.04. The highest BCUT2D eigenvalue weighted by Crippen LogP contribution is 2.41. The van der Waals surface area contributed by atoms with Crippen LogP contribution in [0, 0.1) is 0 Å². The number of anilines is 3. The van der Waals surface area contributed by atoms with E-state index in [1.807, 2.05) is 0 Å². The fourth-order valence-electron chi connectivity index (χ4n) is 8.15. The van der Waals surface area contributed by atoms with Crippen molar-refractivity contribution in [2.75, 3.05) is 4.90 Å². The van der Waals surface area contributed by atoms with Crippen molar-refractivity contribution in [3.05, 3.63) is 237 Å². The van der Waals surface area contributed by atoms with Crippen molar-refractivity contribution in [2.24, 2.45) is 0 Å². The Morgan fingerprint density at radius 1 is 0.228 bits per heavy atom. The minimum atomic E-state index is 1.10. The summed E-state index contributed by atoms with van der Waals surface area (Å²) >= 11 is 0. The molecule has 0 spiro atoms. The fourth-order valence-corrected chi connectivity index (χ4v) is 8.15. The molecule has 0 saturated carbocycles. The average molecular weight is 726 g/mol. The summed E-state index contributed by atoms with van der Waals surface area (Å²) in [4.78, 5) is 2.35. The van der Waals surface area contributed by atoms with Crippen LogP contribution in [0.3, 0.4) is 0 Å². The van der Waals surface area contributed by atoms with Crippen LogP contribution in [-0.2, 0) is 0 Å². The van der Waals surface area contributed by atoms with Crippen molar-refractivity contribution >= 4 is 38.6 Å². The Labute approximate surface area is 334 Å². The third-order valence-corrected chi connectivity index (χ3v) is 11.1. The molecule has 0 amide bonds. The van der Waals surface area contributed by atoms with Crippen LogP contribution < -0.4 is 4.90 Å². The summed E-state index contributed by atoms with van der Waals surface area (Å²) in [6.45, 7) is 0. The number of nitrogens with zero attached hydrogens (tertiary/aromatic N) is 1. The molecule has 0 unspecified atom stereocenters. The van der Waals surface area contributed by atoms with Gasteiger partial charge in [-0.1, -0.05) is 188 Å². The van der Waals surface area contributed by atoms with E-state index in [0.29, 0.717) is 0 Å². The van der Waals surface area contributed by atoms with E-state index in [4.69, 9.17) is 0 Å². The van der Waals surface area contributed by atoms with E-state index in [-0.39, 0.29) is 0 Å². The molecule has 1 nitrogen and oxygen atoms in total. The molecule has 0 saturated heterocycles. The lowest BCUT2D eigenvalue weighted by Gasteiger charge is -2.26. The molecule has 0 aliphatic carbocycles. The van der Waals surface area contributed by atoms with E-state index in [1.54, 1.807) is 0 Å². The number of fused-ring (bicyclic) bond motifs is 2. The lowest BCUT2D eigenvalue weighted by molar-refractivity contribution is 1.28. The molecule has 1 heteroatoms. The van der Waals surface area contributed by atoms with Gasteiger partial charge in [0.05, 0.1) is 0 Å². The molecule has 10 rings (SSSR count). The summed E-state index contributed by atoms with van der Waals surface area (Å²) in [5.41, 5.74) is 15.4. The van der Waals surface area contributed by atoms with E-state index in [1.165, 1.54) is 77.2 Å². The van der Waals surface area contributed by atoms with Crippen LogP contribution in [0.1, 0.15) is 0 Å². The zero-order valence-electron chi connectivity index (χ0n) is 31.5. The first-order chi connectivity index (χ1) is 28.2. The van der Waals surface area contributed by atoms with Crippen LogP contribution in [0.4, 0.5) is 17.1 Å². The summed E-state index contributed by atoms with van der Waals surface area (Å²) in [6.07, 6.45) is 0. The third kappa shape index (κ3) is 6.77. The van der Waals surface area contributed by atoms with Crippen molar-refractivity contribution in [2.45, 2.75) is 0 Å². The number of rotatable bonds is 8. The third-order valence-electron chi connectivity index (χ3n) is 11.1. The van der Waals surface area contributed by atoms with Gasteiger partial charge in [-0.05, 0) is 126 Å². The number of hydrogen-bond acceptors (Lipinski definition) is 1. The predicted octanol–water partition coefficient (Wildman–Crippen LogP) is 15.8. The average Bonchev–Trinajstić information content (AvgIpc) is 3.30. The maximum absolute atomic E-state index is 2.35. The molecule has 0 aliphatic heterocycles. The normalized spacial score (nSPS) is 11.2. The molecule has 10 aromatic carbocycles. The van der Waals surface area contributed by atoms with Crippen LogP contribution in [0.25, 0.3) is 77.2 Å². The second-order valence-electron chi connectivity index (χ2n) is 14.6. The van der Waals surface area contributed by atoms with Gasteiger partial charge in [0, 0.05) is 17.1 Å². The molecule has 0 bridgehead atoms. The quantitative estimate of drug-likeness (QED) is 0.151. The Kier molecular flexibility index (Phi) is 8.95. The highest BCUT2D eigenvalue weighted by atomic mass is 15.1. The van der Waals surface area contributed by atoms with Gasteiger partial charge in [-0.15, -0.1) is 0 Å². The summed E-state index contributed by atoms with van der Waals surface area (Å²) in [5, 5.41) is 5.01. The summed E-state index contributed by atoms with van der Waals surface area (Å²) in [7, 11) is 0. The summed E-state index contributed by atoms with van der Waals surface area (Å²) in [5.74, 6) is 0. The molecular formula is C56H39N. The first-order valence-corrected chi connectivity index (χ1v) is 19.6. The minimum absolute atomic E-state index is 1.10. The van der Waals surface area contributed by atoms with E-state index in [9.17, 15) is 0 Å². The molecule has 0 aliphatic rings. The van der Waals surface area contributed by atoms with Gasteiger partial charge in [0.2, 0.25) is 0 Å². The highest BCUT2D eigenvalue weighted by Gasteiger charge is 2.16. The van der Waals surface area contributed by atoms with Gasteiger partial charge in [-0.3, -0.25) is 0 Å². The SMILES string of the molecule is c1ccc(-c2ccc(N(c3ccc(-c4cccc(-c5ccc6ccccc6c5)c4)cc3)c3ccc(-c4ccc5ccccc5c4-c4ccccc4)cc3)cc2)cc1. The van der Waals surface area contributed by atoms with Crippen LogP contribution in [-0.4, -0.2) is 0 Å². The Hall–Kier alpha value is -7.48. The van der Waals surface area contributed by atoms with Crippen molar-refractivity contribution < 1.29 is 0 Å². The van der Waals surface area contributed by atoms with Gasteiger partial charge < -0.3 is 4.90 Å². The van der Waals surface area contributed by atoms with Gasteiger partial charge >= 0.3 is 0 Å². The first-order valence-electron chi connectivity index (χ1n) is 19.6. The lowest BCUT2D eigenvalue weighted by Crippen LogP contribution is -2.09. The zero-order valence-corrected chi connectivity index (χ0v) is 31.5. The summed E-state index contributed by atoms with van der Waals surface area (Å²) < 4.78 is 0. The second kappa shape index (κ2) is 15.0. The van der Waals surface area contributed by atoms with E-state index in [0.717, 1.165) is 17.1 Å². The van der Waals surface area contributed by atoms with Crippen molar-refractivity contribution in [3.63, 3.8) is 0 Å². The van der Waals surface area contributed by atoms with Gasteiger partial charge in [0.1, 0.15) is 0 Å². The largest absolute Gasteiger partial charge is 0.311 e. The van der Waals surface area contributed by atoms with Crippen molar-refractivity contribution in [1.82, 2.24) is 0 Å². The smallest absolute Gasteiger partial charge is 0.0462 e. The van der Waals surface area contributed by atoms with Crippen molar-refractivity contribution in [1.29, 1.82) is 0 Å². The van der Waals surface area contributed by atoms with Crippen molar-refractivity contribution in [3.8, 4) is 55.6 Å². The van der Waals surface area contributed by atoms with Gasteiger partial charge in [-0.25, -0.2) is 0 Å². The molecule has 0 N–H and O–H groups in total. The van der Waals surface area contributed by atoms with Crippen LogP contribution in [0.2, 0.25) is 0 Å². The molecule has 0 aromatic heterocycles. The zero-order chi connectivity index (χ0) is 38.0. The molecule has 0 radical (unpaired) electrons. The molecule has 0 fully saturated rings. The van der Waals surface area contributed by atoms with Crippen LogP contribution >= 0.6 is 0 Å². The summed E-state index contributed by atoms with van der Waals surface area (Å²) in [6, 6.07) is 85.6. The first kappa shape index (κ1) is 34.0. The minimum Gasteiger partial charge on any atom is -0.311 e. The Morgan fingerprint density at radius 3 is 1.30 bits per heavy atom. The Bertz CT molecular complexity index is 2970. The maximum Gasteiger partial charge on any atom is 0.0462 e. The van der Waals surface area contributed by atoms with E-state index in [2.05, 4.69) is 241 Å². The van der Waals surface area contributed by atoms with Gasteiger partial charge in [0.25, 0.3) is 0 Å². The van der Waals surface area contributed by atoms with E-state index < -0.39 is 0 Å². The van der Waals surface area contributed by atoms with E-state index >= 15 is 0 Å². The van der Waals surface area contributed by atoms with Crippen LogP contribution in [0.15, 0.2) is 237 Å². The molecule has 268 valence electrons. The lowest BCUT2D eigenvalue weighted by atomic mass is 9.90. The Morgan fingerprint density at radius 2 is 0.649 bits per heavy atom. The molecule has 57 heavy (non-hydrogen) atoms. The fraction of sp³-hybridized carbons (Fsp3) is 0. The number of hydrogen-bond donors (Lipinski definition) is 0. The molecular weight excluding hydrogens is 687 g/mol. The predicted molar refractivity (Wildman–Crippen MR) is 243 cm³/mol. The maximum atomic E-state index is 2.35. The van der Waals surface area contributed by atoms with Gasteiger partial charge in [-0.2, -0.15) is 0 Å². The Balaban J connectivity index is 1.02.